The molecule has 19 heavy (non-hydrogen) atoms. The number of hydrogen-bond acceptors (Lipinski definition) is 2. The lowest BCUT2D eigenvalue weighted by atomic mass is 10.2. The van der Waals surface area contributed by atoms with E-state index >= 15 is 0 Å². The molecule has 4 heteroatoms. The van der Waals surface area contributed by atoms with Crippen molar-refractivity contribution in [3.63, 3.8) is 0 Å². The Labute approximate surface area is 125 Å². The SMILES string of the molecule is CCNCc1ccc(Sc2ccccc2Br)c(F)c1. The predicted octanol–water partition coefficient (Wildman–Crippen LogP) is 4.85. The number of halogens is 2. The quantitative estimate of drug-likeness (QED) is 0.835. The second kappa shape index (κ2) is 7.08. The first kappa shape index (κ1) is 14.6. The van der Waals surface area contributed by atoms with Crippen LogP contribution in [0.4, 0.5) is 4.39 Å². The fraction of sp³-hybridized carbons (Fsp3) is 0.200. The molecule has 0 saturated heterocycles. The molecule has 2 aromatic carbocycles. The van der Waals surface area contributed by atoms with Gasteiger partial charge in [-0.2, -0.15) is 0 Å². The Morgan fingerprint density at radius 1 is 1.16 bits per heavy atom. The summed E-state index contributed by atoms with van der Waals surface area (Å²) in [6.07, 6.45) is 0. The van der Waals surface area contributed by atoms with Crippen LogP contribution in [0, 0.1) is 5.82 Å². The summed E-state index contributed by atoms with van der Waals surface area (Å²) < 4.78 is 15.0. The molecule has 0 aliphatic carbocycles. The normalized spacial score (nSPS) is 10.7. The monoisotopic (exact) mass is 339 g/mol. The Bertz CT molecular complexity index is 560. The fourth-order valence-electron chi connectivity index (χ4n) is 1.65. The van der Waals surface area contributed by atoms with Gasteiger partial charge < -0.3 is 5.32 Å². The molecular weight excluding hydrogens is 325 g/mol. The maximum Gasteiger partial charge on any atom is 0.137 e. The van der Waals surface area contributed by atoms with E-state index in [1.165, 1.54) is 11.8 Å². The van der Waals surface area contributed by atoms with Crippen LogP contribution in [0.3, 0.4) is 0 Å². The molecule has 0 unspecified atom stereocenters. The Hall–Kier alpha value is -0.840. The van der Waals surface area contributed by atoms with Crippen LogP contribution >= 0.6 is 27.7 Å². The van der Waals surface area contributed by atoms with Gasteiger partial charge in [0.2, 0.25) is 0 Å². The van der Waals surface area contributed by atoms with E-state index in [1.54, 1.807) is 6.07 Å². The first-order chi connectivity index (χ1) is 9.20. The lowest BCUT2D eigenvalue weighted by Crippen LogP contribution is -2.11. The molecule has 2 rings (SSSR count). The van der Waals surface area contributed by atoms with E-state index in [4.69, 9.17) is 0 Å². The average molecular weight is 340 g/mol. The maximum absolute atomic E-state index is 14.0. The van der Waals surface area contributed by atoms with Crippen molar-refractivity contribution in [2.45, 2.75) is 23.3 Å². The van der Waals surface area contributed by atoms with Crippen molar-refractivity contribution in [1.82, 2.24) is 5.32 Å². The minimum Gasteiger partial charge on any atom is -0.313 e. The van der Waals surface area contributed by atoms with Gasteiger partial charge in [-0.05, 0) is 52.3 Å². The van der Waals surface area contributed by atoms with Gasteiger partial charge in [-0.25, -0.2) is 4.39 Å². The van der Waals surface area contributed by atoms with Gasteiger partial charge in [-0.15, -0.1) is 0 Å². The van der Waals surface area contributed by atoms with Crippen molar-refractivity contribution in [3.05, 3.63) is 58.3 Å². The van der Waals surface area contributed by atoms with Gasteiger partial charge in [0.15, 0.2) is 0 Å². The van der Waals surface area contributed by atoms with Gasteiger partial charge in [0.25, 0.3) is 0 Å². The molecule has 100 valence electrons. The van der Waals surface area contributed by atoms with Crippen LogP contribution in [0.2, 0.25) is 0 Å². The zero-order valence-corrected chi connectivity index (χ0v) is 13.0. The fourth-order valence-corrected chi connectivity index (χ4v) is 3.02. The van der Waals surface area contributed by atoms with E-state index in [0.717, 1.165) is 21.5 Å². The first-order valence-electron chi connectivity index (χ1n) is 6.12. The number of nitrogens with one attached hydrogen (secondary N) is 1. The molecule has 0 aliphatic heterocycles. The molecule has 1 nitrogen and oxygen atoms in total. The Morgan fingerprint density at radius 3 is 2.63 bits per heavy atom. The molecular formula is C15H15BrFNS. The highest BCUT2D eigenvalue weighted by Crippen LogP contribution is 2.34. The summed E-state index contributed by atoms with van der Waals surface area (Å²) in [7, 11) is 0. The third-order valence-corrected chi connectivity index (χ3v) is 4.71. The van der Waals surface area contributed by atoms with Gasteiger partial charge in [-0.3, -0.25) is 0 Å². The molecule has 0 saturated carbocycles. The molecule has 0 fully saturated rings. The highest BCUT2D eigenvalue weighted by atomic mass is 79.9. The molecule has 0 heterocycles. The molecule has 2 aromatic rings. The number of rotatable bonds is 5. The third-order valence-electron chi connectivity index (χ3n) is 2.63. The standard InChI is InChI=1S/C15H15BrFNS/c1-2-18-10-11-7-8-15(13(17)9-11)19-14-6-4-3-5-12(14)16/h3-9,18H,2,10H2,1H3. The lowest BCUT2D eigenvalue weighted by Gasteiger charge is -2.07. The lowest BCUT2D eigenvalue weighted by molar-refractivity contribution is 0.596. The molecule has 0 amide bonds. The van der Waals surface area contributed by atoms with Gasteiger partial charge in [0, 0.05) is 20.8 Å². The topological polar surface area (TPSA) is 12.0 Å². The van der Waals surface area contributed by atoms with Gasteiger partial charge >= 0.3 is 0 Å². The van der Waals surface area contributed by atoms with Crippen LogP contribution in [0.25, 0.3) is 0 Å². The molecule has 0 atom stereocenters. The zero-order chi connectivity index (χ0) is 13.7. The smallest absolute Gasteiger partial charge is 0.137 e. The van der Waals surface area contributed by atoms with Gasteiger partial charge in [0.05, 0.1) is 0 Å². The highest BCUT2D eigenvalue weighted by Gasteiger charge is 2.07. The van der Waals surface area contributed by atoms with E-state index in [9.17, 15) is 4.39 Å². The molecule has 0 aliphatic rings. The van der Waals surface area contributed by atoms with E-state index in [1.807, 2.05) is 43.3 Å². The van der Waals surface area contributed by atoms with Crippen LogP contribution in [-0.2, 0) is 6.54 Å². The van der Waals surface area contributed by atoms with E-state index in [2.05, 4.69) is 21.2 Å². The van der Waals surface area contributed by atoms with Crippen molar-refractivity contribution in [1.29, 1.82) is 0 Å². The van der Waals surface area contributed by atoms with Crippen molar-refractivity contribution in [3.8, 4) is 0 Å². The van der Waals surface area contributed by atoms with E-state index in [0.29, 0.717) is 11.4 Å². The zero-order valence-electron chi connectivity index (χ0n) is 10.6. The molecule has 1 N–H and O–H groups in total. The van der Waals surface area contributed by atoms with Crippen LogP contribution < -0.4 is 5.32 Å². The summed E-state index contributed by atoms with van der Waals surface area (Å²) in [4.78, 5) is 1.66. The summed E-state index contributed by atoms with van der Waals surface area (Å²) in [6, 6.07) is 13.2. The molecule has 0 aromatic heterocycles. The average Bonchev–Trinajstić information content (AvgIpc) is 2.41. The second-order valence-electron chi connectivity index (χ2n) is 4.08. The number of benzene rings is 2. The summed E-state index contributed by atoms with van der Waals surface area (Å²) in [5.41, 5.74) is 0.968. The van der Waals surface area contributed by atoms with E-state index in [-0.39, 0.29) is 5.82 Å². The third kappa shape index (κ3) is 4.06. The van der Waals surface area contributed by atoms with Gasteiger partial charge in [-0.1, -0.05) is 36.9 Å². The Morgan fingerprint density at radius 2 is 1.95 bits per heavy atom. The minimum absolute atomic E-state index is 0.170. The summed E-state index contributed by atoms with van der Waals surface area (Å²) in [5.74, 6) is -0.170. The van der Waals surface area contributed by atoms with Crippen LogP contribution in [0.15, 0.2) is 56.7 Å². The summed E-state index contributed by atoms with van der Waals surface area (Å²) in [6.45, 7) is 3.62. The molecule has 0 bridgehead atoms. The predicted molar refractivity (Wildman–Crippen MR) is 82.0 cm³/mol. The summed E-state index contributed by atoms with van der Waals surface area (Å²) in [5, 5.41) is 3.19. The van der Waals surface area contributed by atoms with E-state index < -0.39 is 0 Å². The number of hydrogen-bond donors (Lipinski definition) is 1. The largest absolute Gasteiger partial charge is 0.313 e. The van der Waals surface area contributed by atoms with Crippen molar-refractivity contribution in [2.75, 3.05) is 6.54 Å². The Balaban J connectivity index is 2.15. The Kier molecular flexibility index (Phi) is 5.43. The highest BCUT2D eigenvalue weighted by molar-refractivity contribution is 9.10. The minimum atomic E-state index is -0.170. The second-order valence-corrected chi connectivity index (χ2v) is 6.02. The first-order valence-corrected chi connectivity index (χ1v) is 7.73. The van der Waals surface area contributed by atoms with Crippen LogP contribution in [-0.4, -0.2) is 6.54 Å². The maximum atomic E-state index is 14.0. The van der Waals surface area contributed by atoms with Crippen molar-refractivity contribution in [2.24, 2.45) is 0 Å². The van der Waals surface area contributed by atoms with Crippen molar-refractivity contribution < 1.29 is 4.39 Å². The molecule has 0 spiro atoms. The molecule has 0 radical (unpaired) electrons. The van der Waals surface area contributed by atoms with Gasteiger partial charge in [0.1, 0.15) is 5.82 Å². The summed E-state index contributed by atoms with van der Waals surface area (Å²) >= 11 is 4.90. The van der Waals surface area contributed by atoms with Crippen LogP contribution in [0.5, 0.6) is 0 Å². The van der Waals surface area contributed by atoms with Crippen LogP contribution in [0.1, 0.15) is 12.5 Å². The van der Waals surface area contributed by atoms with Crippen molar-refractivity contribution >= 4 is 27.7 Å².